The molecule has 1 amide bonds. The molecule has 5 nitrogen and oxygen atoms in total. The molecule has 0 bridgehead atoms. The summed E-state index contributed by atoms with van der Waals surface area (Å²) in [5.41, 5.74) is 2.61. The summed E-state index contributed by atoms with van der Waals surface area (Å²) < 4.78 is 23.9. The molecule has 0 aliphatic rings. The lowest BCUT2D eigenvalue weighted by molar-refractivity contribution is -0.115. The smallest absolute Gasteiger partial charge is 0.242 e. The number of sulfone groups is 1. The van der Waals surface area contributed by atoms with Crippen LogP contribution in [0.15, 0.2) is 30.9 Å². The van der Waals surface area contributed by atoms with Gasteiger partial charge in [0, 0.05) is 24.5 Å². The van der Waals surface area contributed by atoms with Crippen LogP contribution < -0.4 is 10.2 Å². The predicted octanol–water partition coefficient (Wildman–Crippen LogP) is 2.77. The third-order valence-electron chi connectivity index (χ3n) is 3.85. The van der Waals surface area contributed by atoms with Crippen LogP contribution in [-0.2, 0) is 14.6 Å². The lowest BCUT2D eigenvalue weighted by Crippen LogP contribution is -2.34. The van der Waals surface area contributed by atoms with E-state index < -0.39 is 21.0 Å². The molecule has 0 aromatic heterocycles. The molecule has 1 N–H and O–H groups in total. The number of hydrogen-bond donors (Lipinski definition) is 1. The van der Waals surface area contributed by atoms with Crippen LogP contribution in [0.3, 0.4) is 0 Å². The van der Waals surface area contributed by atoms with Gasteiger partial charge >= 0.3 is 0 Å². The van der Waals surface area contributed by atoms with Gasteiger partial charge in [-0.3, -0.25) is 4.79 Å². The second-order valence-electron chi connectivity index (χ2n) is 5.42. The van der Waals surface area contributed by atoms with E-state index in [1.807, 2.05) is 25.1 Å². The van der Waals surface area contributed by atoms with E-state index in [1.165, 1.54) is 13.0 Å². The average Bonchev–Trinajstić information content (AvgIpc) is 2.50. The third-order valence-corrected chi connectivity index (χ3v) is 5.85. The minimum atomic E-state index is -3.51. The Bertz CT molecular complexity index is 664. The van der Waals surface area contributed by atoms with Crippen molar-refractivity contribution in [3.63, 3.8) is 0 Å². The summed E-state index contributed by atoms with van der Waals surface area (Å²) in [5.74, 6) is -0.730. The van der Waals surface area contributed by atoms with Crippen LogP contribution in [0.25, 0.3) is 0 Å². The molecule has 0 saturated carbocycles. The van der Waals surface area contributed by atoms with Crippen molar-refractivity contribution in [3.05, 3.63) is 36.4 Å². The topological polar surface area (TPSA) is 66.5 Å². The molecule has 0 aliphatic heterocycles. The predicted molar refractivity (Wildman–Crippen MR) is 96.8 cm³/mol. The van der Waals surface area contributed by atoms with Gasteiger partial charge < -0.3 is 10.2 Å². The molecule has 1 aromatic rings. The van der Waals surface area contributed by atoms with Gasteiger partial charge in [-0.05, 0) is 51.5 Å². The van der Waals surface area contributed by atoms with E-state index >= 15 is 0 Å². The molecule has 1 aromatic carbocycles. The van der Waals surface area contributed by atoms with Crippen LogP contribution in [0.5, 0.6) is 0 Å². The van der Waals surface area contributed by atoms with Gasteiger partial charge in [0.15, 0.2) is 9.84 Å². The van der Waals surface area contributed by atoms with Gasteiger partial charge in [0.1, 0.15) is 5.25 Å². The molecule has 6 heteroatoms. The van der Waals surface area contributed by atoms with Crippen molar-refractivity contribution in [2.45, 2.75) is 32.9 Å². The molecule has 1 rings (SSSR count). The summed E-state index contributed by atoms with van der Waals surface area (Å²) >= 11 is 0. The summed E-state index contributed by atoms with van der Waals surface area (Å²) in [4.78, 5) is 14.4. The van der Waals surface area contributed by atoms with Crippen LogP contribution in [0.1, 0.15) is 26.3 Å². The summed E-state index contributed by atoms with van der Waals surface area (Å²) in [5, 5.41) is 1.60. The number of hydrogen-bond acceptors (Lipinski definition) is 4. The SMILES string of the molecule is C=CCS(=O)(=O)C(C)C(=O)Nc1ccc(N(CC)CC)cc1C. The normalized spacial score (nSPS) is 12.5. The Morgan fingerprint density at radius 2 is 1.96 bits per heavy atom. The van der Waals surface area contributed by atoms with Gasteiger partial charge in [0.05, 0.1) is 5.75 Å². The highest BCUT2D eigenvalue weighted by Gasteiger charge is 2.27. The van der Waals surface area contributed by atoms with Crippen molar-refractivity contribution in [2.24, 2.45) is 0 Å². The highest BCUT2D eigenvalue weighted by molar-refractivity contribution is 7.92. The number of benzene rings is 1. The Balaban J connectivity index is 2.93. The fourth-order valence-corrected chi connectivity index (χ4v) is 3.28. The molecule has 0 heterocycles. The summed E-state index contributed by atoms with van der Waals surface area (Å²) in [7, 11) is -3.51. The number of anilines is 2. The van der Waals surface area contributed by atoms with E-state index in [1.54, 1.807) is 0 Å². The largest absolute Gasteiger partial charge is 0.372 e. The molecule has 1 unspecified atom stereocenters. The molecule has 0 aliphatic carbocycles. The zero-order valence-electron chi connectivity index (χ0n) is 14.3. The van der Waals surface area contributed by atoms with Gasteiger partial charge in [-0.2, -0.15) is 0 Å². The maximum absolute atomic E-state index is 12.2. The number of nitrogens with zero attached hydrogens (tertiary/aromatic N) is 1. The second-order valence-corrected chi connectivity index (χ2v) is 7.79. The van der Waals surface area contributed by atoms with Gasteiger partial charge in [0.2, 0.25) is 5.91 Å². The quantitative estimate of drug-likeness (QED) is 0.740. The first-order valence-corrected chi connectivity index (χ1v) is 9.47. The minimum absolute atomic E-state index is 0.207. The van der Waals surface area contributed by atoms with E-state index in [0.29, 0.717) is 5.69 Å². The molecule has 0 saturated heterocycles. The van der Waals surface area contributed by atoms with Crippen LogP contribution in [0.4, 0.5) is 11.4 Å². The summed E-state index contributed by atoms with van der Waals surface area (Å²) in [6.45, 7) is 12.7. The van der Waals surface area contributed by atoms with Crippen molar-refractivity contribution >= 4 is 27.1 Å². The van der Waals surface area contributed by atoms with Crippen molar-refractivity contribution < 1.29 is 13.2 Å². The van der Waals surface area contributed by atoms with E-state index in [9.17, 15) is 13.2 Å². The molecule has 0 fully saturated rings. The van der Waals surface area contributed by atoms with Crippen LogP contribution >= 0.6 is 0 Å². The van der Waals surface area contributed by atoms with Crippen LogP contribution in [0.2, 0.25) is 0 Å². The van der Waals surface area contributed by atoms with E-state index in [0.717, 1.165) is 24.3 Å². The fourth-order valence-electron chi connectivity index (χ4n) is 2.28. The number of rotatable bonds is 8. The van der Waals surface area contributed by atoms with E-state index in [4.69, 9.17) is 0 Å². The van der Waals surface area contributed by atoms with Crippen LogP contribution in [-0.4, -0.2) is 38.4 Å². The maximum Gasteiger partial charge on any atom is 0.242 e. The monoisotopic (exact) mass is 338 g/mol. The number of amides is 1. The van der Waals surface area contributed by atoms with Gasteiger partial charge in [-0.25, -0.2) is 8.42 Å². The second kappa shape index (κ2) is 8.15. The first kappa shape index (κ1) is 19.2. The Hall–Kier alpha value is -1.82. The Labute approximate surface area is 139 Å². The standard InChI is InChI=1S/C17H26N2O3S/c1-6-11-23(21,22)14(5)17(20)18-16-10-9-15(12-13(16)4)19(7-2)8-3/h6,9-10,12,14H,1,7-8,11H2,2-5H3,(H,18,20). The lowest BCUT2D eigenvalue weighted by atomic mass is 10.1. The Morgan fingerprint density at radius 3 is 2.43 bits per heavy atom. The molecular weight excluding hydrogens is 312 g/mol. The van der Waals surface area contributed by atoms with Gasteiger partial charge in [-0.1, -0.05) is 6.08 Å². The highest BCUT2D eigenvalue weighted by Crippen LogP contribution is 2.23. The zero-order valence-corrected chi connectivity index (χ0v) is 15.1. The third kappa shape index (κ3) is 4.82. The molecule has 1 atom stereocenters. The van der Waals surface area contributed by atoms with Crippen molar-refractivity contribution in [2.75, 3.05) is 29.1 Å². The van der Waals surface area contributed by atoms with Crippen molar-refractivity contribution in [3.8, 4) is 0 Å². The van der Waals surface area contributed by atoms with E-state index in [2.05, 4.69) is 30.6 Å². The first-order chi connectivity index (χ1) is 10.8. The molecule has 0 radical (unpaired) electrons. The van der Waals surface area contributed by atoms with Gasteiger partial charge in [0.25, 0.3) is 0 Å². The van der Waals surface area contributed by atoms with Crippen LogP contribution in [0, 0.1) is 6.92 Å². The first-order valence-electron chi connectivity index (χ1n) is 7.75. The zero-order chi connectivity index (χ0) is 17.6. The summed E-state index contributed by atoms with van der Waals surface area (Å²) in [6, 6.07) is 5.73. The molecule has 128 valence electrons. The lowest BCUT2D eigenvalue weighted by Gasteiger charge is -2.22. The van der Waals surface area contributed by atoms with Gasteiger partial charge in [-0.15, -0.1) is 6.58 Å². The average molecular weight is 338 g/mol. The minimum Gasteiger partial charge on any atom is -0.372 e. The molecule has 23 heavy (non-hydrogen) atoms. The highest BCUT2D eigenvalue weighted by atomic mass is 32.2. The number of aryl methyl sites for hydroxylation is 1. The molecular formula is C17H26N2O3S. The van der Waals surface area contributed by atoms with Crippen molar-refractivity contribution in [1.29, 1.82) is 0 Å². The summed E-state index contributed by atoms with van der Waals surface area (Å²) in [6.07, 6.45) is 1.29. The molecule has 0 spiro atoms. The Kier molecular flexibility index (Phi) is 6.81. The maximum atomic E-state index is 12.2. The fraction of sp³-hybridized carbons (Fsp3) is 0.471. The van der Waals surface area contributed by atoms with E-state index in [-0.39, 0.29) is 5.75 Å². The number of carbonyl (C=O) groups excluding carboxylic acids is 1. The van der Waals surface area contributed by atoms with Crippen molar-refractivity contribution in [1.82, 2.24) is 0 Å². The number of nitrogens with one attached hydrogen (secondary N) is 1. The Morgan fingerprint density at radius 1 is 1.35 bits per heavy atom. The number of carbonyl (C=O) groups is 1.